The van der Waals surface area contributed by atoms with Gasteiger partial charge in [0.25, 0.3) is 0 Å². The molecule has 0 aliphatic heterocycles. The zero-order chi connectivity index (χ0) is 7.40. The first-order valence-electron chi connectivity index (χ1n) is 3.76. The Labute approximate surface area is 71.1 Å². The molecule has 1 atom stereocenters. The van der Waals surface area contributed by atoms with E-state index in [0.29, 0.717) is 4.83 Å². The van der Waals surface area contributed by atoms with E-state index in [9.17, 15) is 0 Å². The third kappa shape index (κ3) is 1.98. The molecule has 0 N–H and O–H groups in total. The Morgan fingerprint density at radius 2 is 2.60 bits per heavy atom. The molecule has 55 valence electrons. The van der Waals surface area contributed by atoms with Crippen molar-refractivity contribution in [2.75, 3.05) is 0 Å². The van der Waals surface area contributed by atoms with Gasteiger partial charge >= 0.3 is 0 Å². The van der Waals surface area contributed by atoms with Gasteiger partial charge < -0.3 is 0 Å². The summed E-state index contributed by atoms with van der Waals surface area (Å²) >= 11 is 3.61. The van der Waals surface area contributed by atoms with E-state index in [-0.39, 0.29) is 0 Å². The molecule has 1 unspecified atom stereocenters. The summed E-state index contributed by atoms with van der Waals surface area (Å²) in [5.41, 5.74) is 1.34. The molecule has 0 bridgehead atoms. The molecule has 1 rings (SSSR count). The number of halogens is 1. The second kappa shape index (κ2) is 3.97. The fourth-order valence-electron chi connectivity index (χ4n) is 1.05. The molecular formula is C9H12Br. The number of rotatable bonds is 3. The summed E-state index contributed by atoms with van der Waals surface area (Å²) in [5.74, 6) is 0. The predicted octanol–water partition coefficient (Wildman–Crippen LogP) is 3.24. The number of hydrogen-bond donors (Lipinski definition) is 0. The van der Waals surface area contributed by atoms with Crippen LogP contribution < -0.4 is 0 Å². The molecule has 1 aliphatic rings. The quantitative estimate of drug-likeness (QED) is 0.613. The van der Waals surface area contributed by atoms with Crippen molar-refractivity contribution in [3.63, 3.8) is 0 Å². The highest BCUT2D eigenvalue weighted by Gasteiger charge is 2.08. The zero-order valence-corrected chi connectivity index (χ0v) is 7.82. The zero-order valence-electron chi connectivity index (χ0n) is 6.23. The summed E-state index contributed by atoms with van der Waals surface area (Å²) in [4.78, 5) is 0.538. The molecular weight excluding hydrogens is 188 g/mol. The second-order valence-corrected chi connectivity index (χ2v) is 3.60. The Hall–Kier alpha value is -0.0400. The SMILES string of the molecule is CCCC(Br)C1=[C]CC=C1. The van der Waals surface area contributed by atoms with Gasteiger partial charge in [0.05, 0.1) is 0 Å². The Balaban J connectivity index is 2.40. The smallest absolute Gasteiger partial charge is 0.0398 e. The molecule has 0 heterocycles. The monoisotopic (exact) mass is 199 g/mol. The van der Waals surface area contributed by atoms with Crippen molar-refractivity contribution in [3.05, 3.63) is 23.8 Å². The molecule has 0 aromatic heterocycles. The lowest BCUT2D eigenvalue weighted by Crippen LogP contribution is -1.97. The number of hydrogen-bond acceptors (Lipinski definition) is 0. The van der Waals surface area contributed by atoms with Crippen molar-refractivity contribution in [1.82, 2.24) is 0 Å². The number of alkyl halides is 1. The molecule has 0 saturated carbocycles. The van der Waals surface area contributed by atoms with Gasteiger partial charge in [-0.1, -0.05) is 41.4 Å². The summed E-state index contributed by atoms with van der Waals surface area (Å²) in [6.07, 6.45) is 11.1. The van der Waals surface area contributed by atoms with Crippen LogP contribution in [0, 0.1) is 6.08 Å². The van der Waals surface area contributed by atoms with Crippen LogP contribution in [0.1, 0.15) is 26.2 Å². The minimum Gasteiger partial charge on any atom is -0.0839 e. The number of allylic oxidation sites excluding steroid dienone is 4. The molecule has 0 fully saturated rings. The highest BCUT2D eigenvalue weighted by atomic mass is 79.9. The van der Waals surface area contributed by atoms with E-state index in [2.05, 4.69) is 41.1 Å². The van der Waals surface area contributed by atoms with Crippen LogP contribution in [0.25, 0.3) is 0 Å². The third-order valence-corrected chi connectivity index (χ3v) is 2.55. The normalized spacial score (nSPS) is 19.2. The van der Waals surface area contributed by atoms with Crippen LogP contribution in [-0.2, 0) is 0 Å². The van der Waals surface area contributed by atoms with Gasteiger partial charge in [-0.25, -0.2) is 0 Å². The highest BCUT2D eigenvalue weighted by molar-refractivity contribution is 9.09. The van der Waals surface area contributed by atoms with E-state index in [1.807, 2.05) is 0 Å². The first-order chi connectivity index (χ1) is 4.84. The first kappa shape index (κ1) is 8.06. The van der Waals surface area contributed by atoms with Crippen LogP contribution in [0.3, 0.4) is 0 Å². The fraction of sp³-hybridized carbons (Fsp3) is 0.556. The third-order valence-electron chi connectivity index (χ3n) is 1.60. The van der Waals surface area contributed by atoms with E-state index < -0.39 is 0 Å². The Morgan fingerprint density at radius 1 is 1.80 bits per heavy atom. The van der Waals surface area contributed by atoms with Gasteiger partial charge in [-0.05, 0) is 24.5 Å². The molecule has 0 amide bonds. The lowest BCUT2D eigenvalue weighted by molar-refractivity contribution is 0.819. The van der Waals surface area contributed by atoms with Crippen molar-refractivity contribution in [3.8, 4) is 0 Å². The minimum absolute atomic E-state index is 0.538. The van der Waals surface area contributed by atoms with Gasteiger partial charge in [0.15, 0.2) is 0 Å². The highest BCUT2D eigenvalue weighted by Crippen LogP contribution is 2.22. The summed E-state index contributed by atoms with van der Waals surface area (Å²) < 4.78 is 0. The van der Waals surface area contributed by atoms with Crippen LogP contribution in [0.2, 0.25) is 0 Å². The Kier molecular flexibility index (Phi) is 3.20. The summed E-state index contributed by atoms with van der Waals surface area (Å²) in [6, 6.07) is 0. The fourth-order valence-corrected chi connectivity index (χ4v) is 1.82. The molecule has 10 heavy (non-hydrogen) atoms. The molecule has 1 heteroatoms. The van der Waals surface area contributed by atoms with Gasteiger partial charge in [-0.3, -0.25) is 0 Å². The summed E-state index contributed by atoms with van der Waals surface area (Å²) in [6.45, 7) is 2.20. The molecule has 0 aromatic rings. The van der Waals surface area contributed by atoms with E-state index in [1.165, 1.54) is 18.4 Å². The van der Waals surface area contributed by atoms with Crippen molar-refractivity contribution < 1.29 is 0 Å². The first-order valence-corrected chi connectivity index (χ1v) is 4.67. The van der Waals surface area contributed by atoms with Crippen LogP contribution in [0.15, 0.2) is 17.7 Å². The van der Waals surface area contributed by atoms with Crippen LogP contribution >= 0.6 is 15.9 Å². The van der Waals surface area contributed by atoms with E-state index >= 15 is 0 Å². The van der Waals surface area contributed by atoms with E-state index in [1.54, 1.807) is 0 Å². The van der Waals surface area contributed by atoms with Gasteiger partial charge in [0, 0.05) is 4.83 Å². The van der Waals surface area contributed by atoms with Crippen molar-refractivity contribution in [2.24, 2.45) is 0 Å². The van der Waals surface area contributed by atoms with Crippen molar-refractivity contribution in [1.29, 1.82) is 0 Å². The van der Waals surface area contributed by atoms with Crippen LogP contribution in [0.5, 0.6) is 0 Å². The maximum atomic E-state index is 3.61. The molecule has 0 nitrogen and oxygen atoms in total. The second-order valence-electron chi connectivity index (χ2n) is 2.49. The Bertz CT molecular complexity index is 156. The summed E-state index contributed by atoms with van der Waals surface area (Å²) in [5, 5.41) is 0. The minimum atomic E-state index is 0.538. The lowest BCUT2D eigenvalue weighted by Gasteiger charge is -2.05. The van der Waals surface area contributed by atoms with Gasteiger partial charge in [0.2, 0.25) is 0 Å². The maximum absolute atomic E-state index is 3.61. The molecule has 1 aliphatic carbocycles. The largest absolute Gasteiger partial charge is 0.0839 e. The summed E-state index contributed by atoms with van der Waals surface area (Å²) in [7, 11) is 0. The van der Waals surface area contributed by atoms with Crippen LogP contribution in [0.4, 0.5) is 0 Å². The van der Waals surface area contributed by atoms with E-state index in [0.717, 1.165) is 6.42 Å². The van der Waals surface area contributed by atoms with Gasteiger partial charge in [-0.15, -0.1) is 0 Å². The average molecular weight is 200 g/mol. The van der Waals surface area contributed by atoms with Crippen molar-refractivity contribution in [2.45, 2.75) is 31.0 Å². The predicted molar refractivity (Wildman–Crippen MR) is 48.1 cm³/mol. The Morgan fingerprint density at radius 3 is 3.10 bits per heavy atom. The maximum Gasteiger partial charge on any atom is 0.0398 e. The standard InChI is InChI=1S/C9H12Br/c1-2-5-9(10)8-6-3-4-7-8/h3,6,9H,2,4-5H2,1H3. The molecule has 0 spiro atoms. The molecule has 0 aromatic carbocycles. The van der Waals surface area contributed by atoms with Gasteiger partial charge in [-0.2, -0.15) is 0 Å². The van der Waals surface area contributed by atoms with Gasteiger partial charge in [0.1, 0.15) is 0 Å². The molecule has 1 radical (unpaired) electrons. The van der Waals surface area contributed by atoms with Crippen LogP contribution in [-0.4, -0.2) is 4.83 Å². The topological polar surface area (TPSA) is 0 Å². The van der Waals surface area contributed by atoms with Crippen molar-refractivity contribution >= 4 is 15.9 Å². The molecule has 0 saturated heterocycles. The average Bonchev–Trinajstić information content (AvgIpc) is 2.38. The van der Waals surface area contributed by atoms with E-state index in [4.69, 9.17) is 0 Å². The lowest BCUT2D eigenvalue weighted by atomic mass is 10.1.